The van der Waals surface area contributed by atoms with Crippen LogP contribution in [0.2, 0.25) is 0 Å². The molecule has 0 spiro atoms. The number of amides is 3. The summed E-state index contributed by atoms with van der Waals surface area (Å²) >= 11 is 1.20. The van der Waals surface area contributed by atoms with Gasteiger partial charge in [0, 0.05) is 5.38 Å². The first-order chi connectivity index (χ1) is 15.4. The Bertz CT molecular complexity index is 1080. The third kappa shape index (κ3) is 6.05. The molecule has 0 bridgehead atoms. The van der Waals surface area contributed by atoms with E-state index >= 15 is 0 Å². The number of nitrogens with zero attached hydrogens (tertiary/aromatic N) is 2. The second-order valence-corrected chi connectivity index (χ2v) is 7.75. The second kappa shape index (κ2) is 10.7. The average molecular weight is 460 g/mol. The molecule has 11 heteroatoms. The Hall–Kier alpha value is -3.44. The molecule has 0 atom stereocenters. The fourth-order valence-corrected chi connectivity index (χ4v) is 3.59. The maximum Gasteiger partial charge on any atom is 0.305 e. The lowest BCUT2D eigenvalue weighted by Crippen LogP contribution is -2.42. The van der Waals surface area contributed by atoms with Crippen LogP contribution in [0, 0.1) is 6.92 Å². The van der Waals surface area contributed by atoms with Gasteiger partial charge in [0.05, 0.1) is 30.5 Å². The van der Waals surface area contributed by atoms with Crippen molar-refractivity contribution >= 4 is 34.2 Å². The monoisotopic (exact) mass is 459 g/mol. The number of carbonyl (C=O) groups excluding carboxylic acids is 3. The standard InChI is InChI=1S/C21H25N5O5S/c1-4-26(5-2)11-15-6-7-17(31-15)20(29)25-24-18(27)10-14-12-32-21(22-14)23-19(28)16-8-9-30-13(16)3/h6-9,12H,4-5,10-11H2,1-3H3,(H,24,27)(H,25,29)(H,22,23,28). The van der Waals surface area contributed by atoms with E-state index in [4.69, 9.17) is 8.83 Å². The molecule has 3 heterocycles. The van der Waals surface area contributed by atoms with Gasteiger partial charge in [-0.25, -0.2) is 4.98 Å². The Kier molecular flexibility index (Phi) is 7.79. The summed E-state index contributed by atoms with van der Waals surface area (Å²) in [4.78, 5) is 42.9. The molecule has 0 saturated heterocycles. The Balaban J connectivity index is 1.46. The molecule has 3 rings (SSSR count). The molecular weight excluding hydrogens is 434 g/mol. The van der Waals surface area contributed by atoms with Crippen LogP contribution in [0.15, 0.2) is 38.7 Å². The quantitative estimate of drug-likeness (QED) is 0.420. The summed E-state index contributed by atoms with van der Waals surface area (Å²) in [5, 5.41) is 4.68. The molecule has 10 nitrogen and oxygen atoms in total. The van der Waals surface area contributed by atoms with Gasteiger partial charge in [0.2, 0.25) is 5.91 Å². The molecule has 3 aromatic rings. The van der Waals surface area contributed by atoms with Gasteiger partial charge in [0.1, 0.15) is 11.5 Å². The molecule has 3 N–H and O–H groups in total. The number of aromatic nitrogens is 1. The second-order valence-electron chi connectivity index (χ2n) is 6.90. The van der Waals surface area contributed by atoms with Crippen molar-refractivity contribution in [1.82, 2.24) is 20.7 Å². The minimum atomic E-state index is -0.550. The van der Waals surface area contributed by atoms with Crippen molar-refractivity contribution in [3.63, 3.8) is 0 Å². The van der Waals surface area contributed by atoms with Gasteiger partial charge in [-0.1, -0.05) is 13.8 Å². The molecule has 0 unspecified atom stereocenters. The van der Waals surface area contributed by atoms with Crippen molar-refractivity contribution in [2.45, 2.75) is 33.7 Å². The third-order valence-electron chi connectivity index (χ3n) is 4.69. The van der Waals surface area contributed by atoms with Crippen LogP contribution < -0.4 is 16.2 Å². The summed E-state index contributed by atoms with van der Waals surface area (Å²) in [6.07, 6.45) is 1.37. The summed E-state index contributed by atoms with van der Waals surface area (Å²) in [5.41, 5.74) is 5.54. The Morgan fingerprint density at radius 2 is 1.88 bits per heavy atom. The fourth-order valence-electron chi connectivity index (χ4n) is 2.88. The van der Waals surface area contributed by atoms with Crippen LogP contribution in [0.3, 0.4) is 0 Å². The van der Waals surface area contributed by atoms with Gasteiger partial charge in [-0.15, -0.1) is 11.3 Å². The van der Waals surface area contributed by atoms with E-state index in [0.717, 1.165) is 13.1 Å². The number of carbonyl (C=O) groups is 3. The van der Waals surface area contributed by atoms with Crippen LogP contribution in [0.5, 0.6) is 0 Å². The summed E-state index contributed by atoms with van der Waals surface area (Å²) in [6, 6.07) is 4.88. The van der Waals surface area contributed by atoms with Crippen molar-refractivity contribution < 1.29 is 23.2 Å². The smallest absolute Gasteiger partial charge is 0.305 e. The first-order valence-corrected chi connectivity index (χ1v) is 11.0. The fraction of sp³-hybridized carbons (Fsp3) is 0.333. The van der Waals surface area contributed by atoms with E-state index in [1.165, 1.54) is 17.6 Å². The first-order valence-electron chi connectivity index (χ1n) is 10.1. The van der Waals surface area contributed by atoms with E-state index in [-0.39, 0.29) is 18.1 Å². The highest BCUT2D eigenvalue weighted by molar-refractivity contribution is 7.14. The van der Waals surface area contributed by atoms with Crippen molar-refractivity contribution in [3.05, 3.63) is 58.4 Å². The highest BCUT2D eigenvalue weighted by Gasteiger charge is 2.16. The van der Waals surface area contributed by atoms with Gasteiger partial charge in [-0.05, 0) is 38.2 Å². The Morgan fingerprint density at radius 3 is 2.56 bits per heavy atom. The predicted molar refractivity (Wildman–Crippen MR) is 118 cm³/mol. The first kappa shape index (κ1) is 23.2. The lowest BCUT2D eigenvalue weighted by molar-refractivity contribution is -0.121. The summed E-state index contributed by atoms with van der Waals surface area (Å²) in [5.74, 6) is -0.0553. The number of rotatable bonds is 9. The molecule has 32 heavy (non-hydrogen) atoms. The number of anilines is 1. The van der Waals surface area contributed by atoms with Crippen LogP contribution in [0.1, 0.15) is 52.0 Å². The summed E-state index contributed by atoms with van der Waals surface area (Å²) in [6.45, 7) is 8.15. The normalized spacial score (nSPS) is 10.9. The largest absolute Gasteiger partial charge is 0.469 e. The topological polar surface area (TPSA) is 130 Å². The van der Waals surface area contributed by atoms with Crippen molar-refractivity contribution in [1.29, 1.82) is 0 Å². The molecule has 0 aliphatic rings. The number of hydrogen-bond donors (Lipinski definition) is 3. The predicted octanol–water partition coefficient (Wildman–Crippen LogP) is 2.74. The van der Waals surface area contributed by atoms with Crippen molar-refractivity contribution in [2.75, 3.05) is 18.4 Å². The van der Waals surface area contributed by atoms with Gasteiger partial charge in [0.15, 0.2) is 10.9 Å². The molecule has 0 aliphatic heterocycles. The number of hydrogen-bond acceptors (Lipinski definition) is 8. The highest BCUT2D eigenvalue weighted by atomic mass is 32.1. The minimum Gasteiger partial charge on any atom is -0.469 e. The van der Waals surface area contributed by atoms with Crippen molar-refractivity contribution in [3.8, 4) is 0 Å². The lowest BCUT2D eigenvalue weighted by atomic mass is 10.2. The van der Waals surface area contributed by atoms with E-state index in [9.17, 15) is 14.4 Å². The zero-order chi connectivity index (χ0) is 23.1. The molecule has 0 aliphatic carbocycles. The summed E-state index contributed by atoms with van der Waals surface area (Å²) in [7, 11) is 0. The van der Waals surface area contributed by atoms with E-state index in [0.29, 0.717) is 34.5 Å². The van der Waals surface area contributed by atoms with Crippen LogP contribution in [-0.2, 0) is 17.8 Å². The van der Waals surface area contributed by atoms with Gasteiger partial charge >= 0.3 is 5.91 Å². The molecule has 0 aromatic carbocycles. The number of aryl methyl sites for hydroxylation is 1. The Labute approximate surface area is 189 Å². The molecule has 0 radical (unpaired) electrons. The minimum absolute atomic E-state index is 0.0667. The average Bonchev–Trinajstić information content (AvgIpc) is 3.52. The van der Waals surface area contributed by atoms with Gasteiger partial charge < -0.3 is 8.83 Å². The molecule has 0 fully saturated rings. The van der Waals surface area contributed by atoms with Crippen molar-refractivity contribution in [2.24, 2.45) is 0 Å². The molecule has 3 aromatic heterocycles. The van der Waals surface area contributed by atoms with E-state index < -0.39 is 11.8 Å². The number of hydrazine groups is 1. The van der Waals surface area contributed by atoms with E-state index in [1.54, 1.807) is 30.5 Å². The van der Waals surface area contributed by atoms with Crippen LogP contribution in [-0.4, -0.2) is 40.7 Å². The molecule has 0 saturated carbocycles. The maximum absolute atomic E-state index is 12.2. The van der Waals surface area contributed by atoms with E-state index in [1.807, 2.05) is 0 Å². The molecule has 3 amide bonds. The van der Waals surface area contributed by atoms with Gasteiger partial charge in [-0.2, -0.15) is 0 Å². The highest BCUT2D eigenvalue weighted by Crippen LogP contribution is 2.18. The van der Waals surface area contributed by atoms with Gasteiger partial charge in [-0.3, -0.25) is 35.5 Å². The van der Waals surface area contributed by atoms with Crippen LogP contribution in [0.25, 0.3) is 0 Å². The zero-order valence-corrected chi connectivity index (χ0v) is 18.9. The Morgan fingerprint density at radius 1 is 1.09 bits per heavy atom. The van der Waals surface area contributed by atoms with Crippen LogP contribution >= 0.6 is 11.3 Å². The number of nitrogens with one attached hydrogen (secondary N) is 3. The third-order valence-corrected chi connectivity index (χ3v) is 5.50. The summed E-state index contributed by atoms with van der Waals surface area (Å²) < 4.78 is 10.7. The number of thiazole rings is 1. The lowest BCUT2D eigenvalue weighted by Gasteiger charge is -2.15. The maximum atomic E-state index is 12.2. The number of furan rings is 2. The zero-order valence-electron chi connectivity index (χ0n) is 18.1. The SMILES string of the molecule is CCN(CC)Cc1ccc(C(=O)NNC(=O)Cc2csc(NC(=O)c3ccoc3C)n2)o1. The van der Waals surface area contributed by atoms with Gasteiger partial charge in [0.25, 0.3) is 5.91 Å². The van der Waals surface area contributed by atoms with Crippen LogP contribution in [0.4, 0.5) is 5.13 Å². The molecular formula is C21H25N5O5S. The van der Waals surface area contributed by atoms with E-state index in [2.05, 4.69) is 39.9 Å². The molecule has 170 valence electrons.